The lowest BCUT2D eigenvalue weighted by atomic mass is 10.3. The van der Waals surface area contributed by atoms with Crippen molar-refractivity contribution in [3.05, 3.63) is 21.9 Å². The Kier molecular flexibility index (Phi) is 3.64. The number of rotatable bonds is 2. The summed E-state index contributed by atoms with van der Waals surface area (Å²) >= 11 is 1.33. The molecule has 4 amide bonds. The number of hydrogen-bond acceptors (Lipinski definition) is 5. The van der Waals surface area contributed by atoms with Crippen molar-refractivity contribution in [3.63, 3.8) is 0 Å². The molecule has 0 spiro atoms. The van der Waals surface area contributed by atoms with Crippen molar-refractivity contribution < 1.29 is 19.5 Å². The van der Waals surface area contributed by atoms with Crippen LogP contribution in [-0.2, 0) is 16.1 Å². The summed E-state index contributed by atoms with van der Waals surface area (Å²) in [6.07, 6.45) is 0. The van der Waals surface area contributed by atoms with Crippen LogP contribution >= 0.6 is 11.3 Å². The van der Waals surface area contributed by atoms with Gasteiger partial charge in [-0.1, -0.05) is 11.8 Å². The first-order valence-electron chi connectivity index (χ1n) is 5.35. The van der Waals surface area contributed by atoms with E-state index in [4.69, 9.17) is 5.11 Å². The molecule has 1 aliphatic heterocycles. The van der Waals surface area contributed by atoms with Gasteiger partial charge in [-0.3, -0.25) is 19.4 Å². The van der Waals surface area contributed by atoms with Crippen LogP contribution in [0.25, 0.3) is 0 Å². The molecule has 2 rings (SSSR count). The highest BCUT2D eigenvalue weighted by Gasteiger charge is 2.42. The van der Waals surface area contributed by atoms with Crippen molar-refractivity contribution in [1.29, 1.82) is 0 Å². The topological polar surface area (TPSA) is 77.9 Å². The number of aliphatic hydroxyl groups excluding tert-OH is 1. The van der Waals surface area contributed by atoms with E-state index in [0.717, 1.165) is 14.7 Å². The van der Waals surface area contributed by atoms with Gasteiger partial charge < -0.3 is 5.11 Å². The fraction of sp³-hybridized carbons (Fsp3) is 0.250. The normalized spacial score (nSPS) is 14.9. The van der Waals surface area contributed by atoms with Gasteiger partial charge in [0.05, 0.1) is 6.54 Å². The van der Waals surface area contributed by atoms with Gasteiger partial charge in [0.1, 0.15) is 6.61 Å². The number of imide groups is 2. The summed E-state index contributed by atoms with van der Waals surface area (Å²) in [5, 5.41) is 10.3. The van der Waals surface area contributed by atoms with Crippen LogP contribution in [0.2, 0.25) is 0 Å². The van der Waals surface area contributed by atoms with E-state index in [1.165, 1.54) is 18.4 Å². The molecule has 2 heterocycles. The lowest BCUT2D eigenvalue weighted by Gasteiger charge is -2.10. The predicted molar refractivity (Wildman–Crippen MR) is 67.0 cm³/mol. The van der Waals surface area contributed by atoms with Crippen LogP contribution in [0.1, 0.15) is 10.4 Å². The lowest BCUT2D eigenvalue weighted by molar-refractivity contribution is -0.143. The average Bonchev–Trinajstić information content (AvgIpc) is 2.92. The van der Waals surface area contributed by atoms with Gasteiger partial charge in [-0.15, -0.1) is 11.3 Å². The first-order chi connectivity index (χ1) is 9.04. The van der Waals surface area contributed by atoms with Crippen LogP contribution in [-0.4, -0.2) is 46.4 Å². The van der Waals surface area contributed by atoms with E-state index in [1.54, 1.807) is 11.4 Å². The van der Waals surface area contributed by atoms with Crippen molar-refractivity contribution in [2.75, 3.05) is 13.7 Å². The quantitative estimate of drug-likeness (QED) is 0.470. The van der Waals surface area contributed by atoms with Gasteiger partial charge in [-0.25, -0.2) is 4.79 Å². The molecule has 0 saturated carbocycles. The maximum absolute atomic E-state index is 11.7. The van der Waals surface area contributed by atoms with Gasteiger partial charge in [-0.2, -0.15) is 0 Å². The first-order valence-corrected chi connectivity index (χ1v) is 6.23. The molecule has 0 aliphatic carbocycles. The Balaban J connectivity index is 2.13. The third kappa shape index (κ3) is 2.50. The number of thiophene rings is 1. The fourth-order valence-corrected chi connectivity index (χ4v) is 2.38. The van der Waals surface area contributed by atoms with Crippen molar-refractivity contribution in [2.24, 2.45) is 0 Å². The Hall–Kier alpha value is -2.17. The summed E-state index contributed by atoms with van der Waals surface area (Å²) in [6.45, 7) is -0.174. The van der Waals surface area contributed by atoms with Crippen molar-refractivity contribution in [1.82, 2.24) is 9.80 Å². The molecule has 1 fully saturated rings. The Labute approximate surface area is 113 Å². The maximum atomic E-state index is 11.7. The van der Waals surface area contributed by atoms with E-state index in [9.17, 15) is 14.4 Å². The van der Waals surface area contributed by atoms with Gasteiger partial charge in [0, 0.05) is 22.9 Å². The molecular weight excluding hydrogens is 268 g/mol. The molecule has 98 valence electrons. The van der Waals surface area contributed by atoms with Gasteiger partial charge in [0.25, 0.3) is 0 Å². The minimum Gasteiger partial charge on any atom is -0.384 e. The van der Waals surface area contributed by atoms with Crippen LogP contribution in [0, 0.1) is 11.8 Å². The van der Waals surface area contributed by atoms with E-state index in [-0.39, 0.29) is 13.2 Å². The Morgan fingerprint density at radius 1 is 1.32 bits per heavy atom. The monoisotopic (exact) mass is 278 g/mol. The zero-order valence-corrected chi connectivity index (χ0v) is 10.9. The van der Waals surface area contributed by atoms with Crippen LogP contribution in [0.15, 0.2) is 11.4 Å². The number of carbonyl (C=O) groups is 3. The highest BCUT2D eigenvalue weighted by atomic mass is 32.1. The second kappa shape index (κ2) is 5.22. The summed E-state index contributed by atoms with van der Waals surface area (Å²) < 4.78 is 0. The fourth-order valence-electron chi connectivity index (χ4n) is 1.58. The number of aliphatic hydroxyl groups is 1. The number of hydrogen-bond donors (Lipinski definition) is 1. The van der Waals surface area contributed by atoms with Crippen LogP contribution in [0.5, 0.6) is 0 Å². The number of amides is 4. The number of urea groups is 1. The lowest BCUT2D eigenvalue weighted by Crippen LogP contribution is -2.30. The number of carbonyl (C=O) groups excluding carboxylic acids is 3. The summed E-state index contributed by atoms with van der Waals surface area (Å²) in [6, 6.07) is 1.10. The Bertz CT molecular complexity index is 611. The van der Waals surface area contributed by atoms with E-state index in [0.29, 0.717) is 5.56 Å². The third-order valence-corrected chi connectivity index (χ3v) is 3.45. The number of likely N-dealkylation sites (N-methyl/N-ethyl adjacent to an activating group) is 1. The third-order valence-electron chi connectivity index (χ3n) is 2.53. The molecule has 1 aromatic heterocycles. The maximum Gasteiger partial charge on any atom is 0.334 e. The summed E-state index contributed by atoms with van der Waals surface area (Å²) in [5.74, 6) is 3.60. The molecule has 0 bridgehead atoms. The number of nitrogens with zero attached hydrogens (tertiary/aromatic N) is 2. The molecule has 7 heteroatoms. The highest BCUT2D eigenvalue weighted by Crippen LogP contribution is 2.19. The smallest absolute Gasteiger partial charge is 0.334 e. The SMILES string of the molecule is CN1C(=O)C(=O)N(Cc2cc(C#CCO)cs2)C1=O. The van der Waals surface area contributed by atoms with Gasteiger partial charge in [-0.05, 0) is 6.07 Å². The van der Waals surface area contributed by atoms with Crippen LogP contribution in [0.3, 0.4) is 0 Å². The van der Waals surface area contributed by atoms with E-state index in [1.807, 2.05) is 0 Å². The molecule has 1 N–H and O–H groups in total. The second-order valence-corrected chi connectivity index (χ2v) is 4.80. The van der Waals surface area contributed by atoms with E-state index < -0.39 is 17.8 Å². The largest absolute Gasteiger partial charge is 0.384 e. The molecular formula is C12H10N2O4S. The zero-order chi connectivity index (χ0) is 14.0. The van der Waals surface area contributed by atoms with Gasteiger partial charge >= 0.3 is 17.8 Å². The van der Waals surface area contributed by atoms with Gasteiger partial charge in [0.15, 0.2) is 0 Å². The van der Waals surface area contributed by atoms with Gasteiger partial charge in [0.2, 0.25) is 0 Å². The standard InChI is InChI=1S/C12H10N2O4S/c1-13-10(16)11(17)14(12(13)18)6-9-5-8(7-19-9)3-2-4-15/h5,7,15H,4,6H2,1H3. The molecule has 0 atom stereocenters. The average molecular weight is 278 g/mol. The van der Waals surface area contributed by atoms with Crippen LogP contribution in [0.4, 0.5) is 4.79 Å². The van der Waals surface area contributed by atoms with E-state index >= 15 is 0 Å². The molecule has 1 aliphatic rings. The molecule has 6 nitrogen and oxygen atoms in total. The first kappa shape index (κ1) is 13.3. The highest BCUT2D eigenvalue weighted by molar-refractivity contribution is 7.10. The van der Waals surface area contributed by atoms with E-state index in [2.05, 4.69) is 11.8 Å². The molecule has 0 radical (unpaired) electrons. The minimum atomic E-state index is -0.818. The molecule has 1 aromatic rings. The summed E-state index contributed by atoms with van der Waals surface area (Å²) in [4.78, 5) is 37.0. The Morgan fingerprint density at radius 3 is 2.63 bits per heavy atom. The van der Waals surface area contributed by atoms with Crippen molar-refractivity contribution >= 4 is 29.2 Å². The zero-order valence-electron chi connectivity index (χ0n) is 10.0. The molecule has 1 saturated heterocycles. The second-order valence-electron chi connectivity index (χ2n) is 3.80. The summed E-state index contributed by atoms with van der Waals surface area (Å²) in [5.41, 5.74) is 0.702. The molecule has 0 unspecified atom stereocenters. The van der Waals surface area contributed by atoms with Crippen molar-refractivity contribution in [2.45, 2.75) is 6.54 Å². The molecule has 19 heavy (non-hydrogen) atoms. The Morgan fingerprint density at radius 2 is 2.05 bits per heavy atom. The predicted octanol–water partition coefficient (Wildman–Crippen LogP) is 0.0125. The van der Waals surface area contributed by atoms with Crippen LogP contribution < -0.4 is 0 Å². The molecule has 0 aromatic carbocycles. The van der Waals surface area contributed by atoms with Crippen molar-refractivity contribution in [3.8, 4) is 11.8 Å². The summed E-state index contributed by atoms with van der Waals surface area (Å²) in [7, 11) is 1.27. The minimum absolute atomic E-state index is 0.0548.